The monoisotopic (exact) mass is 411 g/mol. The third kappa shape index (κ3) is 3.55. The van der Waals surface area contributed by atoms with Gasteiger partial charge in [-0.1, -0.05) is 0 Å². The summed E-state index contributed by atoms with van der Waals surface area (Å²) in [5, 5.41) is 8.64. The zero-order valence-corrected chi connectivity index (χ0v) is 17.3. The summed E-state index contributed by atoms with van der Waals surface area (Å²) in [4.78, 5) is 37.1. The molecule has 4 aliphatic carbocycles. The average Bonchev–Trinajstić information content (AvgIpc) is 2.68. The molecule has 160 valence electrons. The first-order chi connectivity index (χ1) is 14.4. The fraction of sp³-hybridized carbons (Fsp3) is 0.609. The summed E-state index contributed by atoms with van der Waals surface area (Å²) in [5.41, 5.74) is 0.953. The molecule has 4 saturated carbocycles. The lowest BCUT2D eigenvalue weighted by Gasteiger charge is -2.55. The summed E-state index contributed by atoms with van der Waals surface area (Å²) in [5.74, 6) is 2.53. The quantitative estimate of drug-likeness (QED) is 0.694. The van der Waals surface area contributed by atoms with Gasteiger partial charge in [-0.15, -0.1) is 0 Å². The molecule has 4 fully saturated rings. The molecular weight excluding hydrogens is 382 g/mol. The van der Waals surface area contributed by atoms with Crippen LogP contribution in [0.25, 0.3) is 0 Å². The zero-order valence-electron chi connectivity index (χ0n) is 17.3. The van der Waals surface area contributed by atoms with E-state index in [1.807, 2.05) is 0 Å². The fourth-order valence-electron chi connectivity index (χ4n) is 6.38. The van der Waals surface area contributed by atoms with Crippen molar-refractivity contribution < 1.29 is 19.1 Å². The van der Waals surface area contributed by atoms with Crippen LogP contribution in [0.15, 0.2) is 18.2 Å². The second-order valence-corrected chi connectivity index (χ2v) is 9.71. The van der Waals surface area contributed by atoms with E-state index in [1.165, 1.54) is 19.3 Å². The highest BCUT2D eigenvalue weighted by Gasteiger charge is 2.54. The smallest absolute Gasteiger partial charge is 0.265 e. The molecule has 0 aromatic heterocycles. The maximum Gasteiger partial charge on any atom is 0.265 e. The number of hydrogen-bond acceptors (Lipinski definition) is 4. The topological polar surface area (TPSA) is 96.5 Å². The third-order valence-corrected chi connectivity index (χ3v) is 7.35. The Bertz CT molecular complexity index is 861. The fourth-order valence-corrected chi connectivity index (χ4v) is 6.38. The highest BCUT2D eigenvalue weighted by Crippen LogP contribution is 2.60. The Hall–Kier alpha value is -2.57. The number of fused-ring (bicyclic) bond motifs is 1. The molecule has 6 rings (SSSR count). The van der Waals surface area contributed by atoms with E-state index >= 15 is 0 Å². The predicted octanol–water partition coefficient (Wildman–Crippen LogP) is 3.07. The minimum atomic E-state index is -0.532. The van der Waals surface area contributed by atoms with Crippen LogP contribution in [0, 0.1) is 23.2 Å². The van der Waals surface area contributed by atoms with Crippen molar-refractivity contribution in [2.24, 2.45) is 23.2 Å². The van der Waals surface area contributed by atoms with Gasteiger partial charge in [-0.25, -0.2) is 0 Å². The van der Waals surface area contributed by atoms with Crippen LogP contribution < -0.4 is 20.7 Å². The van der Waals surface area contributed by atoms with Gasteiger partial charge in [0.05, 0.1) is 5.69 Å². The lowest BCUT2D eigenvalue weighted by atomic mass is 9.49. The molecule has 1 aromatic rings. The molecule has 1 aliphatic heterocycles. The van der Waals surface area contributed by atoms with Crippen molar-refractivity contribution >= 4 is 29.1 Å². The van der Waals surface area contributed by atoms with Crippen LogP contribution in [-0.2, 0) is 14.4 Å². The predicted molar refractivity (Wildman–Crippen MR) is 112 cm³/mol. The van der Waals surface area contributed by atoms with Gasteiger partial charge in [0.15, 0.2) is 6.10 Å². The summed E-state index contributed by atoms with van der Waals surface area (Å²) in [6, 6.07) is 5.16. The van der Waals surface area contributed by atoms with Gasteiger partial charge in [0, 0.05) is 24.1 Å². The molecule has 1 aromatic carbocycles. The molecule has 30 heavy (non-hydrogen) atoms. The van der Waals surface area contributed by atoms with Gasteiger partial charge < -0.3 is 20.7 Å². The molecule has 4 bridgehead atoms. The number of benzene rings is 1. The molecule has 0 spiro atoms. The van der Waals surface area contributed by atoms with E-state index in [1.54, 1.807) is 25.1 Å². The molecule has 3 N–H and O–H groups in total. The first-order valence-electron chi connectivity index (χ1n) is 11.1. The highest BCUT2D eigenvalue weighted by atomic mass is 16.5. The van der Waals surface area contributed by atoms with E-state index in [0.717, 1.165) is 37.0 Å². The number of carbonyl (C=O) groups is 3. The lowest BCUT2D eigenvalue weighted by molar-refractivity contribution is -0.146. The maximum absolute atomic E-state index is 13.0. The second-order valence-electron chi connectivity index (χ2n) is 9.71. The van der Waals surface area contributed by atoms with E-state index in [-0.39, 0.29) is 29.6 Å². The van der Waals surface area contributed by atoms with Crippen molar-refractivity contribution in [3.8, 4) is 5.75 Å². The molecule has 7 nitrogen and oxygen atoms in total. The van der Waals surface area contributed by atoms with Gasteiger partial charge in [0.1, 0.15) is 5.75 Å². The van der Waals surface area contributed by atoms with Crippen molar-refractivity contribution in [1.29, 1.82) is 0 Å². The van der Waals surface area contributed by atoms with Crippen molar-refractivity contribution in [2.45, 2.75) is 58.0 Å². The summed E-state index contributed by atoms with van der Waals surface area (Å²) in [7, 11) is 0. The summed E-state index contributed by atoms with van der Waals surface area (Å²) in [6.07, 6.45) is 6.68. The first kappa shape index (κ1) is 19.4. The van der Waals surface area contributed by atoms with E-state index in [4.69, 9.17) is 4.74 Å². The van der Waals surface area contributed by atoms with E-state index in [0.29, 0.717) is 23.7 Å². The van der Waals surface area contributed by atoms with Gasteiger partial charge in [-0.3, -0.25) is 14.4 Å². The van der Waals surface area contributed by atoms with Crippen LogP contribution in [0.4, 0.5) is 11.4 Å². The standard InChI is InChI=1S/C23H29N3O4/c1-13-21(28)26-18-9-17(2-3-19(18)30-13)25-20(27)4-5-24-22(29)23-10-14-6-15(11-23)8-16(7-14)12-23/h2-3,9,13-16H,4-8,10-12H2,1H3,(H,24,29)(H,25,27)(H,26,28)/t13-,14?,15?,16?,23?/m1/s1. The van der Waals surface area contributed by atoms with E-state index in [9.17, 15) is 14.4 Å². The van der Waals surface area contributed by atoms with Crippen molar-refractivity contribution in [2.75, 3.05) is 17.2 Å². The SMILES string of the molecule is C[C@H]1Oc2ccc(NC(=O)CCNC(=O)C34CC5CC(CC(C5)C3)C4)cc2NC1=O. The van der Waals surface area contributed by atoms with Gasteiger partial charge in [-0.2, -0.15) is 0 Å². The van der Waals surface area contributed by atoms with Gasteiger partial charge >= 0.3 is 0 Å². The Kier molecular flexibility index (Phi) is 4.71. The van der Waals surface area contributed by atoms with Crippen LogP contribution in [0.2, 0.25) is 0 Å². The Morgan fingerprint density at radius 1 is 1.13 bits per heavy atom. The molecule has 3 amide bonds. The molecule has 5 aliphatic rings. The Morgan fingerprint density at radius 2 is 1.80 bits per heavy atom. The number of ether oxygens (including phenoxy) is 1. The summed E-state index contributed by atoms with van der Waals surface area (Å²) < 4.78 is 5.52. The zero-order chi connectivity index (χ0) is 20.9. The van der Waals surface area contributed by atoms with Crippen LogP contribution in [-0.4, -0.2) is 30.4 Å². The van der Waals surface area contributed by atoms with E-state index < -0.39 is 6.10 Å². The minimum absolute atomic E-state index is 0.150. The van der Waals surface area contributed by atoms with Gasteiger partial charge in [0.2, 0.25) is 11.8 Å². The van der Waals surface area contributed by atoms with Crippen LogP contribution in [0.3, 0.4) is 0 Å². The third-order valence-electron chi connectivity index (χ3n) is 7.35. The number of carbonyl (C=O) groups excluding carboxylic acids is 3. The average molecular weight is 412 g/mol. The molecule has 1 atom stereocenters. The first-order valence-corrected chi connectivity index (χ1v) is 11.1. The Balaban J connectivity index is 1.13. The van der Waals surface area contributed by atoms with Gasteiger partial charge in [0.25, 0.3) is 5.91 Å². The molecule has 1 heterocycles. The normalized spacial score (nSPS) is 33.3. The second kappa shape index (κ2) is 7.29. The highest BCUT2D eigenvalue weighted by molar-refractivity contribution is 5.99. The Morgan fingerprint density at radius 3 is 2.47 bits per heavy atom. The molecule has 7 heteroatoms. The van der Waals surface area contributed by atoms with Crippen LogP contribution in [0.5, 0.6) is 5.75 Å². The number of anilines is 2. The van der Waals surface area contributed by atoms with Crippen molar-refractivity contribution in [3.63, 3.8) is 0 Å². The van der Waals surface area contributed by atoms with Crippen LogP contribution >= 0.6 is 0 Å². The van der Waals surface area contributed by atoms with Crippen molar-refractivity contribution in [3.05, 3.63) is 18.2 Å². The molecular formula is C23H29N3O4. The largest absolute Gasteiger partial charge is 0.479 e. The van der Waals surface area contributed by atoms with Crippen molar-refractivity contribution in [1.82, 2.24) is 5.32 Å². The van der Waals surface area contributed by atoms with Gasteiger partial charge in [-0.05, 0) is 81.4 Å². The molecule has 0 unspecified atom stereocenters. The Labute approximate surface area is 176 Å². The number of rotatable bonds is 5. The van der Waals surface area contributed by atoms with E-state index in [2.05, 4.69) is 16.0 Å². The summed E-state index contributed by atoms with van der Waals surface area (Å²) >= 11 is 0. The maximum atomic E-state index is 13.0. The summed E-state index contributed by atoms with van der Waals surface area (Å²) in [6.45, 7) is 2.03. The molecule has 0 radical (unpaired) electrons. The lowest BCUT2D eigenvalue weighted by Crippen LogP contribution is -2.53. The minimum Gasteiger partial charge on any atom is -0.479 e. The number of amides is 3. The molecule has 0 saturated heterocycles. The number of nitrogens with one attached hydrogen (secondary N) is 3. The van der Waals surface area contributed by atoms with Crippen LogP contribution in [0.1, 0.15) is 51.9 Å². The number of hydrogen-bond donors (Lipinski definition) is 3.